The Hall–Kier alpha value is -1.28. The molecule has 0 aliphatic rings. The summed E-state index contributed by atoms with van der Waals surface area (Å²) in [7, 11) is 0. The maximum atomic E-state index is 11.7. The number of anilines is 2. The standard InChI is InChI=1S/C8H10ClF3N4O/c9-7-15-3-5(13)6(16-7)14-1-2-17-4-8(10,11)12/h3H,1-2,4,13H2,(H,14,15,16). The minimum absolute atomic E-state index is 0.00194. The maximum Gasteiger partial charge on any atom is 0.411 e. The number of nitrogens with two attached hydrogens (primary N) is 1. The van der Waals surface area contributed by atoms with Crippen molar-refractivity contribution in [2.24, 2.45) is 0 Å². The second-order valence-electron chi connectivity index (χ2n) is 3.04. The normalized spacial score (nSPS) is 11.5. The van der Waals surface area contributed by atoms with E-state index in [1.165, 1.54) is 6.20 Å². The highest BCUT2D eigenvalue weighted by Crippen LogP contribution is 2.16. The van der Waals surface area contributed by atoms with Crippen molar-refractivity contribution >= 4 is 23.1 Å². The first-order chi connectivity index (χ1) is 7.88. The van der Waals surface area contributed by atoms with E-state index >= 15 is 0 Å². The predicted molar refractivity (Wildman–Crippen MR) is 56.8 cm³/mol. The lowest BCUT2D eigenvalue weighted by Crippen LogP contribution is -2.20. The zero-order valence-corrected chi connectivity index (χ0v) is 9.35. The van der Waals surface area contributed by atoms with Crippen LogP contribution in [0.1, 0.15) is 0 Å². The highest BCUT2D eigenvalue weighted by molar-refractivity contribution is 6.28. The number of nitrogen functional groups attached to an aromatic ring is 1. The van der Waals surface area contributed by atoms with Crippen LogP contribution in [0.25, 0.3) is 0 Å². The number of aromatic nitrogens is 2. The van der Waals surface area contributed by atoms with Gasteiger partial charge in [-0.15, -0.1) is 0 Å². The van der Waals surface area contributed by atoms with E-state index in [1.807, 2.05) is 0 Å². The van der Waals surface area contributed by atoms with Crippen molar-refractivity contribution in [3.8, 4) is 0 Å². The monoisotopic (exact) mass is 270 g/mol. The Morgan fingerprint density at radius 1 is 1.47 bits per heavy atom. The van der Waals surface area contributed by atoms with Crippen molar-refractivity contribution in [1.82, 2.24) is 9.97 Å². The summed E-state index contributed by atoms with van der Waals surface area (Å²) in [6.07, 6.45) is -3.02. The first kappa shape index (κ1) is 13.8. The molecule has 17 heavy (non-hydrogen) atoms. The molecule has 0 aromatic carbocycles. The number of nitrogens with one attached hydrogen (secondary N) is 1. The number of hydrogen-bond acceptors (Lipinski definition) is 5. The molecule has 0 bridgehead atoms. The summed E-state index contributed by atoms with van der Waals surface area (Å²) in [6, 6.07) is 0. The topological polar surface area (TPSA) is 73.1 Å². The van der Waals surface area contributed by atoms with Crippen molar-refractivity contribution in [3.63, 3.8) is 0 Å². The summed E-state index contributed by atoms with van der Waals surface area (Å²) < 4.78 is 39.5. The van der Waals surface area contributed by atoms with E-state index in [1.54, 1.807) is 0 Å². The molecule has 0 fully saturated rings. The van der Waals surface area contributed by atoms with Gasteiger partial charge in [0, 0.05) is 6.54 Å². The van der Waals surface area contributed by atoms with Gasteiger partial charge < -0.3 is 15.8 Å². The van der Waals surface area contributed by atoms with Gasteiger partial charge in [-0.05, 0) is 11.6 Å². The Labute approximate surface area is 100 Å². The van der Waals surface area contributed by atoms with Gasteiger partial charge in [-0.1, -0.05) is 0 Å². The lowest BCUT2D eigenvalue weighted by atomic mass is 10.5. The van der Waals surface area contributed by atoms with Gasteiger partial charge >= 0.3 is 6.18 Å². The molecule has 0 radical (unpaired) electrons. The number of ether oxygens (including phenoxy) is 1. The zero-order chi connectivity index (χ0) is 12.9. The molecule has 0 aliphatic carbocycles. The van der Waals surface area contributed by atoms with Crippen molar-refractivity contribution in [1.29, 1.82) is 0 Å². The molecule has 1 heterocycles. The third kappa shape index (κ3) is 5.55. The third-order valence-electron chi connectivity index (χ3n) is 1.59. The molecule has 1 aromatic heterocycles. The Balaban J connectivity index is 2.29. The number of alkyl halides is 3. The largest absolute Gasteiger partial charge is 0.411 e. The van der Waals surface area contributed by atoms with Gasteiger partial charge in [0.2, 0.25) is 5.28 Å². The molecule has 0 aliphatic heterocycles. The Bertz CT molecular complexity index is 374. The van der Waals surface area contributed by atoms with Gasteiger partial charge in [-0.3, -0.25) is 0 Å². The SMILES string of the molecule is Nc1cnc(Cl)nc1NCCOCC(F)(F)F. The van der Waals surface area contributed by atoms with Crippen LogP contribution >= 0.6 is 11.6 Å². The third-order valence-corrected chi connectivity index (χ3v) is 1.77. The molecule has 0 amide bonds. The predicted octanol–water partition coefficient (Wildman–Crippen LogP) is 1.70. The number of hydrogen-bond donors (Lipinski definition) is 2. The fourth-order valence-electron chi connectivity index (χ4n) is 0.941. The summed E-state index contributed by atoms with van der Waals surface area (Å²) in [5.74, 6) is 0.264. The molecule has 5 nitrogen and oxygen atoms in total. The average Bonchev–Trinajstić information content (AvgIpc) is 2.21. The second-order valence-corrected chi connectivity index (χ2v) is 3.38. The van der Waals surface area contributed by atoms with Crippen LogP contribution in [0.4, 0.5) is 24.7 Å². The number of halogens is 4. The number of nitrogens with zero attached hydrogens (tertiary/aromatic N) is 2. The zero-order valence-electron chi connectivity index (χ0n) is 8.59. The first-order valence-electron chi connectivity index (χ1n) is 4.55. The molecule has 0 saturated carbocycles. The first-order valence-corrected chi connectivity index (χ1v) is 4.92. The molecule has 1 rings (SSSR count). The van der Waals surface area contributed by atoms with Crippen LogP contribution in [0, 0.1) is 0 Å². The molecule has 0 spiro atoms. The fourth-order valence-corrected chi connectivity index (χ4v) is 1.07. The van der Waals surface area contributed by atoms with E-state index in [9.17, 15) is 13.2 Å². The van der Waals surface area contributed by atoms with Crippen LogP contribution in [0.5, 0.6) is 0 Å². The summed E-state index contributed by atoms with van der Waals surface area (Å²) in [4.78, 5) is 7.38. The molecule has 3 N–H and O–H groups in total. The molecular weight excluding hydrogens is 261 g/mol. The number of rotatable bonds is 5. The summed E-state index contributed by atoms with van der Waals surface area (Å²) in [5, 5.41) is 2.69. The van der Waals surface area contributed by atoms with Crippen molar-refractivity contribution in [2.75, 3.05) is 30.8 Å². The van der Waals surface area contributed by atoms with Crippen molar-refractivity contribution < 1.29 is 17.9 Å². The van der Waals surface area contributed by atoms with Gasteiger partial charge in [0.1, 0.15) is 6.61 Å². The van der Waals surface area contributed by atoms with E-state index in [0.29, 0.717) is 0 Å². The lowest BCUT2D eigenvalue weighted by Gasteiger charge is -2.09. The summed E-state index contributed by atoms with van der Waals surface area (Å²) in [6.45, 7) is -1.27. The Kier molecular flexibility index (Phi) is 4.76. The smallest absolute Gasteiger partial charge is 0.394 e. The van der Waals surface area contributed by atoms with Crippen LogP contribution in [-0.4, -0.2) is 35.9 Å². The second kappa shape index (κ2) is 5.87. The average molecular weight is 271 g/mol. The van der Waals surface area contributed by atoms with Crippen molar-refractivity contribution in [3.05, 3.63) is 11.5 Å². The van der Waals surface area contributed by atoms with E-state index in [-0.39, 0.29) is 29.9 Å². The molecule has 0 unspecified atom stereocenters. The molecule has 1 aromatic rings. The van der Waals surface area contributed by atoms with Gasteiger partial charge in [0.05, 0.1) is 18.5 Å². The molecule has 96 valence electrons. The van der Waals surface area contributed by atoms with Crippen LogP contribution in [0.15, 0.2) is 6.20 Å². The van der Waals surface area contributed by atoms with E-state index in [2.05, 4.69) is 20.0 Å². The van der Waals surface area contributed by atoms with Gasteiger partial charge in [-0.25, -0.2) is 4.98 Å². The van der Waals surface area contributed by atoms with Crippen LogP contribution in [-0.2, 0) is 4.74 Å². The Morgan fingerprint density at radius 2 is 2.18 bits per heavy atom. The highest BCUT2D eigenvalue weighted by Gasteiger charge is 2.27. The van der Waals surface area contributed by atoms with Crippen LogP contribution in [0.3, 0.4) is 0 Å². The van der Waals surface area contributed by atoms with Gasteiger partial charge in [0.25, 0.3) is 0 Å². The molecular formula is C8H10ClF3N4O. The van der Waals surface area contributed by atoms with Crippen molar-refractivity contribution in [2.45, 2.75) is 6.18 Å². The molecule has 9 heteroatoms. The Morgan fingerprint density at radius 3 is 2.82 bits per heavy atom. The quantitative estimate of drug-likeness (QED) is 0.629. The van der Waals surface area contributed by atoms with E-state index < -0.39 is 12.8 Å². The lowest BCUT2D eigenvalue weighted by molar-refractivity contribution is -0.172. The molecule has 0 atom stereocenters. The molecule has 0 saturated heterocycles. The minimum atomic E-state index is -4.32. The maximum absolute atomic E-state index is 11.7. The van der Waals surface area contributed by atoms with Crippen LogP contribution in [0.2, 0.25) is 5.28 Å². The fraction of sp³-hybridized carbons (Fsp3) is 0.500. The highest BCUT2D eigenvalue weighted by atomic mass is 35.5. The van der Waals surface area contributed by atoms with E-state index in [4.69, 9.17) is 17.3 Å². The summed E-state index contributed by atoms with van der Waals surface area (Å²) in [5.41, 5.74) is 5.76. The van der Waals surface area contributed by atoms with Gasteiger partial charge in [-0.2, -0.15) is 18.2 Å². The minimum Gasteiger partial charge on any atom is -0.394 e. The van der Waals surface area contributed by atoms with E-state index in [0.717, 1.165) is 0 Å². The summed E-state index contributed by atoms with van der Waals surface area (Å²) >= 11 is 5.52. The van der Waals surface area contributed by atoms with Crippen LogP contribution < -0.4 is 11.1 Å². The van der Waals surface area contributed by atoms with Gasteiger partial charge in [0.15, 0.2) is 5.82 Å².